The molecule has 0 aliphatic carbocycles. The highest BCUT2D eigenvalue weighted by molar-refractivity contribution is 5.25. The first-order chi connectivity index (χ1) is 9.61. The lowest BCUT2D eigenvalue weighted by atomic mass is 9.94. The lowest BCUT2D eigenvalue weighted by molar-refractivity contribution is 0.0962. The molecule has 1 aromatic rings. The minimum atomic E-state index is 0.413. The van der Waals surface area contributed by atoms with Crippen LogP contribution in [-0.2, 0) is 11.2 Å². The van der Waals surface area contributed by atoms with Gasteiger partial charge in [0.15, 0.2) is 0 Å². The van der Waals surface area contributed by atoms with Crippen molar-refractivity contribution < 1.29 is 4.74 Å². The molecule has 2 aliphatic heterocycles. The van der Waals surface area contributed by atoms with Crippen molar-refractivity contribution in [2.45, 2.75) is 70.7 Å². The summed E-state index contributed by atoms with van der Waals surface area (Å²) >= 11 is 0. The Hall–Kier alpha value is -0.860. The molecule has 2 bridgehead atoms. The monoisotopic (exact) mass is 273 g/mol. The van der Waals surface area contributed by atoms with Gasteiger partial charge in [0.2, 0.25) is 0 Å². The fourth-order valence-electron chi connectivity index (χ4n) is 3.64. The Bertz CT molecular complexity index is 439. The molecule has 4 unspecified atom stereocenters. The topological polar surface area (TPSA) is 21.3 Å². The molecule has 1 N–H and O–H groups in total. The van der Waals surface area contributed by atoms with Crippen LogP contribution in [0.1, 0.15) is 57.2 Å². The van der Waals surface area contributed by atoms with E-state index in [2.05, 4.69) is 50.4 Å². The summed E-state index contributed by atoms with van der Waals surface area (Å²) in [7, 11) is 0. The first kappa shape index (κ1) is 14.1. The summed E-state index contributed by atoms with van der Waals surface area (Å²) in [6.07, 6.45) is 5.85. The molecular formula is C18H27NO. The summed E-state index contributed by atoms with van der Waals surface area (Å²) in [5.74, 6) is 0.725. The van der Waals surface area contributed by atoms with Crippen molar-refractivity contribution in [3.05, 3.63) is 35.4 Å². The summed E-state index contributed by atoms with van der Waals surface area (Å²) in [5.41, 5.74) is 2.83. The van der Waals surface area contributed by atoms with Crippen molar-refractivity contribution >= 4 is 0 Å². The SMILES string of the molecule is CC(C)Cc1ccc(C(C)NC2CC3CCC2O3)cc1. The summed E-state index contributed by atoms with van der Waals surface area (Å²) in [4.78, 5) is 0. The van der Waals surface area contributed by atoms with Crippen molar-refractivity contribution in [1.29, 1.82) is 0 Å². The van der Waals surface area contributed by atoms with Crippen LogP contribution in [0.5, 0.6) is 0 Å². The number of benzene rings is 1. The van der Waals surface area contributed by atoms with Crippen molar-refractivity contribution in [1.82, 2.24) is 5.32 Å². The molecule has 2 aliphatic rings. The molecule has 1 aromatic carbocycles. The molecule has 20 heavy (non-hydrogen) atoms. The van der Waals surface area contributed by atoms with Crippen molar-refractivity contribution in [3.63, 3.8) is 0 Å². The maximum atomic E-state index is 5.92. The van der Waals surface area contributed by atoms with Crippen LogP contribution in [0, 0.1) is 5.92 Å². The number of hydrogen-bond donors (Lipinski definition) is 1. The Balaban J connectivity index is 1.58. The molecule has 0 spiro atoms. The second-order valence-corrected chi connectivity index (χ2v) is 6.94. The maximum absolute atomic E-state index is 5.92. The molecule has 4 atom stereocenters. The van der Waals surface area contributed by atoms with Gasteiger partial charge in [-0.15, -0.1) is 0 Å². The number of ether oxygens (including phenoxy) is 1. The highest BCUT2D eigenvalue weighted by Crippen LogP contribution is 2.35. The molecule has 2 nitrogen and oxygen atoms in total. The predicted molar refractivity (Wildman–Crippen MR) is 82.8 cm³/mol. The summed E-state index contributed by atoms with van der Waals surface area (Å²) in [5, 5.41) is 3.76. The number of rotatable bonds is 5. The van der Waals surface area contributed by atoms with Crippen LogP contribution in [0.25, 0.3) is 0 Å². The molecule has 2 fully saturated rings. The lowest BCUT2D eigenvalue weighted by Crippen LogP contribution is -2.38. The molecule has 0 aromatic heterocycles. The molecule has 2 saturated heterocycles. The fraction of sp³-hybridized carbons (Fsp3) is 0.667. The van der Waals surface area contributed by atoms with E-state index in [1.54, 1.807) is 0 Å². The maximum Gasteiger partial charge on any atom is 0.0733 e. The zero-order valence-corrected chi connectivity index (χ0v) is 12.9. The predicted octanol–water partition coefficient (Wildman–Crippen LogP) is 3.86. The average molecular weight is 273 g/mol. The van der Waals surface area contributed by atoms with Crippen LogP contribution in [-0.4, -0.2) is 18.2 Å². The van der Waals surface area contributed by atoms with Crippen LogP contribution < -0.4 is 5.32 Å². The Morgan fingerprint density at radius 2 is 1.90 bits per heavy atom. The Morgan fingerprint density at radius 1 is 1.15 bits per heavy atom. The van der Waals surface area contributed by atoms with Gasteiger partial charge in [-0.3, -0.25) is 0 Å². The van der Waals surface area contributed by atoms with E-state index in [1.807, 2.05) is 0 Å². The molecule has 0 saturated carbocycles. The fourth-order valence-corrected chi connectivity index (χ4v) is 3.64. The standard InChI is InChI=1S/C18H27NO/c1-12(2)10-14-4-6-15(7-5-14)13(3)19-17-11-16-8-9-18(17)20-16/h4-7,12-13,16-19H,8-11H2,1-3H3. The van der Waals surface area contributed by atoms with Gasteiger partial charge in [-0.25, -0.2) is 0 Å². The van der Waals surface area contributed by atoms with E-state index in [0.29, 0.717) is 24.3 Å². The quantitative estimate of drug-likeness (QED) is 0.879. The molecule has 3 rings (SSSR count). The highest BCUT2D eigenvalue weighted by Gasteiger charge is 2.40. The van der Waals surface area contributed by atoms with E-state index < -0.39 is 0 Å². The van der Waals surface area contributed by atoms with Crippen LogP contribution in [0.2, 0.25) is 0 Å². The zero-order chi connectivity index (χ0) is 14.1. The van der Waals surface area contributed by atoms with Crippen molar-refractivity contribution in [2.24, 2.45) is 5.92 Å². The first-order valence-corrected chi connectivity index (χ1v) is 8.12. The van der Waals surface area contributed by atoms with Gasteiger partial charge in [-0.05, 0) is 49.7 Å². The van der Waals surface area contributed by atoms with Gasteiger partial charge in [0.05, 0.1) is 12.2 Å². The summed E-state index contributed by atoms with van der Waals surface area (Å²) < 4.78 is 5.92. The normalized spacial score (nSPS) is 30.1. The Labute approximate surface area is 122 Å². The van der Waals surface area contributed by atoms with E-state index in [0.717, 1.165) is 5.92 Å². The summed E-state index contributed by atoms with van der Waals surface area (Å²) in [6.45, 7) is 6.81. The average Bonchev–Trinajstić information content (AvgIpc) is 3.01. The van der Waals surface area contributed by atoms with Gasteiger partial charge >= 0.3 is 0 Å². The van der Waals surface area contributed by atoms with Gasteiger partial charge in [0.1, 0.15) is 0 Å². The molecular weight excluding hydrogens is 246 g/mol. The van der Waals surface area contributed by atoms with E-state index in [1.165, 1.54) is 36.8 Å². The summed E-state index contributed by atoms with van der Waals surface area (Å²) in [6, 6.07) is 10.1. The minimum Gasteiger partial charge on any atom is -0.373 e. The van der Waals surface area contributed by atoms with Gasteiger partial charge in [0, 0.05) is 12.1 Å². The third-order valence-electron chi connectivity index (χ3n) is 4.69. The number of hydrogen-bond acceptors (Lipinski definition) is 2. The number of nitrogens with one attached hydrogen (secondary N) is 1. The first-order valence-electron chi connectivity index (χ1n) is 8.12. The van der Waals surface area contributed by atoms with Gasteiger partial charge in [-0.1, -0.05) is 38.1 Å². The Kier molecular flexibility index (Phi) is 4.13. The van der Waals surface area contributed by atoms with Gasteiger partial charge in [-0.2, -0.15) is 0 Å². The second kappa shape index (κ2) is 5.87. The van der Waals surface area contributed by atoms with Crippen LogP contribution in [0.15, 0.2) is 24.3 Å². The van der Waals surface area contributed by atoms with Crippen molar-refractivity contribution in [3.8, 4) is 0 Å². The van der Waals surface area contributed by atoms with Crippen LogP contribution in [0.3, 0.4) is 0 Å². The Morgan fingerprint density at radius 3 is 2.45 bits per heavy atom. The largest absolute Gasteiger partial charge is 0.373 e. The third kappa shape index (κ3) is 3.07. The molecule has 2 heterocycles. The van der Waals surface area contributed by atoms with Crippen LogP contribution >= 0.6 is 0 Å². The van der Waals surface area contributed by atoms with Crippen LogP contribution in [0.4, 0.5) is 0 Å². The van der Waals surface area contributed by atoms with Crippen molar-refractivity contribution in [2.75, 3.05) is 0 Å². The molecule has 2 heteroatoms. The third-order valence-corrected chi connectivity index (χ3v) is 4.69. The van der Waals surface area contributed by atoms with E-state index in [9.17, 15) is 0 Å². The molecule has 0 radical (unpaired) electrons. The zero-order valence-electron chi connectivity index (χ0n) is 12.9. The second-order valence-electron chi connectivity index (χ2n) is 6.94. The molecule has 0 amide bonds. The smallest absolute Gasteiger partial charge is 0.0733 e. The van der Waals surface area contributed by atoms with Gasteiger partial charge < -0.3 is 10.1 Å². The van der Waals surface area contributed by atoms with E-state index in [4.69, 9.17) is 4.74 Å². The van der Waals surface area contributed by atoms with E-state index >= 15 is 0 Å². The highest BCUT2D eigenvalue weighted by atomic mass is 16.5. The molecule has 110 valence electrons. The number of fused-ring (bicyclic) bond motifs is 2. The lowest BCUT2D eigenvalue weighted by Gasteiger charge is -2.25. The minimum absolute atomic E-state index is 0.413. The van der Waals surface area contributed by atoms with Gasteiger partial charge in [0.25, 0.3) is 0 Å². The van der Waals surface area contributed by atoms with E-state index in [-0.39, 0.29) is 0 Å².